The maximum atomic E-state index is 11.2. The molecule has 1 saturated heterocycles. The van der Waals surface area contributed by atoms with E-state index in [0.717, 1.165) is 0 Å². The maximum Gasteiger partial charge on any atom is 0.205 e. The normalized spacial score (nSPS) is 27.3. The van der Waals surface area contributed by atoms with Crippen LogP contribution in [0.4, 0.5) is 0 Å². The zero-order valence-electron chi connectivity index (χ0n) is 15.6. The molecule has 1 fully saturated rings. The average Bonchev–Trinajstić information content (AvgIpc) is 3.23. The van der Waals surface area contributed by atoms with Crippen LogP contribution < -0.4 is 0 Å². The first kappa shape index (κ1) is 17.9. The van der Waals surface area contributed by atoms with Gasteiger partial charge in [-0.25, -0.2) is 0 Å². The van der Waals surface area contributed by atoms with Crippen molar-refractivity contribution in [2.24, 2.45) is 0 Å². The first-order valence-corrected chi connectivity index (χ1v) is 9.33. The van der Waals surface area contributed by atoms with E-state index in [0.29, 0.717) is 33.3 Å². The largest absolute Gasteiger partial charge is 0.494 e. The molecule has 2 aliphatic rings. The number of ether oxygens (including phenoxy) is 1. The van der Waals surface area contributed by atoms with Crippen LogP contribution in [0.3, 0.4) is 0 Å². The van der Waals surface area contributed by atoms with Crippen LogP contribution in [0.1, 0.15) is 36.5 Å². The third-order valence-corrected chi connectivity index (χ3v) is 6.19. The Morgan fingerprint density at radius 1 is 1.28 bits per heavy atom. The Labute approximate surface area is 165 Å². The van der Waals surface area contributed by atoms with Crippen molar-refractivity contribution in [3.63, 3.8) is 0 Å². The minimum absolute atomic E-state index is 0.0867. The van der Waals surface area contributed by atoms with Crippen LogP contribution in [0, 0.1) is 11.3 Å². The number of aliphatic hydroxyl groups is 2. The summed E-state index contributed by atoms with van der Waals surface area (Å²) in [6.45, 7) is 1.50. The highest BCUT2D eigenvalue weighted by molar-refractivity contribution is 5.92. The van der Waals surface area contributed by atoms with Gasteiger partial charge in [-0.2, -0.15) is 5.26 Å². The number of nitrogens with zero attached hydrogens (tertiary/aromatic N) is 3. The van der Waals surface area contributed by atoms with Gasteiger partial charge in [0.1, 0.15) is 11.7 Å². The van der Waals surface area contributed by atoms with Crippen molar-refractivity contribution in [2.75, 3.05) is 6.61 Å². The van der Waals surface area contributed by atoms with E-state index in [9.17, 15) is 25.7 Å². The highest BCUT2D eigenvalue weighted by Crippen LogP contribution is 2.65. The minimum atomic E-state index is -1.29. The summed E-state index contributed by atoms with van der Waals surface area (Å²) in [6, 6.07) is 8.79. The fourth-order valence-corrected chi connectivity index (χ4v) is 5.05. The van der Waals surface area contributed by atoms with Crippen molar-refractivity contribution in [3.05, 3.63) is 47.2 Å². The van der Waals surface area contributed by atoms with Crippen LogP contribution in [0.5, 0.6) is 11.8 Å². The van der Waals surface area contributed by atoms with E-state index in [1.54, 1.807) is 37.4 Å². The van der Waals surface area contributed by atoms with Gasteiger partial charge in [0, 0.05) is 31.0 Å². The van der Waals surface area contributed by atoms with Crippen LogP contribution in [-0.2, 0) is 15.9 Å². The Morgan fingerprint density at radius 3 is 2.76 bits per heavy atom. The number of nitriles is 1. The van der Waals surface area contributed by atoms with E-state index in [4.69, 9.17) is 4.74 Å². The van der Waals surface area contributed by atoms with Gasteiger partial charge in [0.05, 0.1) is 39.6 Å². The number of fused-ring (bicyclic) bond motifs is 6. The second kappa shape index (κ2) is 5.70. The summed E-state index contributed by atoms with van der Waals surface area (Å²) < 4.78 is 7.38. The van der Waals surface area contributed by atoms with Gasteiger partial charge in [-0.15, -0.1) is 0 Å². The van der Waals surface area contributed by atoms with Gasteiger partial charge >= 0.3 is 0 Å². The highest BCUT2D eigenvalue weighted by atomic mass is 16.6. The molecule has 4 N–H and O–H groups in total. The average molecular weight is 393 g/mol. The number of benzene rings is 1. The van der Waals surface area contributed by atoms with Crippen LogP contribution >= 0.6 is 0 Å². The summed E-state index contributed by atoms with van der Waals surface area (Å²) in [6.07, 6.45) is 0.979. The van der Waals surface area contributed by atoms with Crippen molar-refractivity contribution < 1.29 is 25.2 Å². The maximum absolute atomic E-state index is 11.2. The Kier molecular flexibility index (Phi) is 3.53. The van der Waals surface area contributed by atoms with E-state index in [2.05, 4.69) is 11.1 Å². The first-order chi connectivity index (χ1) is 13.9. The topological polar surface area (TPSA) is 132 Å². The third kappa shape index (κ3) is 2.04. The van der Waals surface area contributed by atoms with Crippen LogP contribution in [-0.4, -0.2) is 42.7 Å². The number of hydrogen-bond acceptors (Lipinski definition) is 7. The number of aromatic nitrogens is 2. The number of aliphatic hydroxyl groups excluding tert-OH is 2. The van der Waals surface area contributed by atoms with E-state index < -0.39 is 17.3 Å². The zero-order chi connectivity index (χ0) is 20.6. The monoisotopic (exact) mass is 393 g/mol. The molecular weight excluding hydrogens is 374 g/mol. The molecule has 0 aliphatic carbocycles. The molecule has 2 bridgehead atoms. The molecule has 0 amide bonds. The van der Waals surface area contributed by atoms with E-state index in [1.165, 1.54) is 4.57 Å². The summed E-state index contributed by atoms with van der Waals surface area (Å²) in [7, 11) is 0. The summed E-state index contributed by atoms with van der Waals surface area (Å²) in [5, 5.41) is 52.5. The quantitative estimate of drug-likeness (QED) is 0.534. The van der Waals surface area contributed by atoms with Crippen molar-refractivity contribution in [3.8, 4) is 23.5 Å². The van der Waals surface area contributed by atoms with Gasteiger partial charge < -0.3 is 25.2 Å². The Morgan fingerprint density at radius 2 is 2.03 bits per heavy atom. The molecule has 2 unspecified atom stereocenters. The zero-order valence-corrected chi connectivity index (χ0v) is 15.6. The van der Waals surface area contributed by atoms with Gasteiger partial charge in [0.15, 0.2) is 0 Å². The third-order valence-electron chi connectivity index (χ3n) is 6.19. The molecule has 1 aromatic carbocycles. The Balaban J connectivity index is 1.84. The molecule has 29 heavy (non-hydrogen) atoms. The fourth-order valence-electron chi connectivity index (χ4n) is 5.05. The fraction of sp³-hybridized carbons (Fsp3) is 0.333. The Bertz CT molecular complexity index is 1210. The lowest BCUT2D eigenvalue weighted by Gasteiger charge is -2.29. The molecule has 2 aromatic heterocycles. The van der Waals surface area contributed by atoms with Crippen molar-refractivity contribution >= 4 is 10.9 Å². The molecule has 8 heteroatoms. The predicted molar refractivity (Wildman–Crippen MR) is 102 cm³/mol. The molecule has 148 valence electrons. The second-order valence-corrected chi connectivity index (χ2v) is 7.79. The number of pyridine rings is 1. The number of hydrogen-bond donors (Lipinski definition) is 4. The number of aromatic hydroxyl groups is 2. The van der Waals surface area contributed by atoms with Crippen molar-refractivity contribution in [1.29, 1.82) is 5.26 Å². The van der Waals surface area contributed by atoms with Crippen LogP contribution in [0.25, 0.3) is 16.6 Å². The molecule has 3 aromatic rings. The van der Waals surface area contributed by atoms with Gasteiger partial charge in [-0.05, 0) is 31.2 Å². The molecule has 0 saturated carbocycles. The van der Waals surface area contributed by atoms with Gasteiger partial charge in [0.2, 0.25) is 11.8 Å². The summed E-state index contributed by atoms with van der Waals surface area (Å²) in [5.74, 6) is -0.454. The van der Waals surface area contributed by atoms with E-state index in [1.807, 2.05) is 0 Å². The van der Waals surface area contributed by atoms with Crippen molar-refractivity contribution in [2.45, 2.75) is 37.1 Å². The van der Waals surface area contributed by atoms with Gasteiger partial charge in [-0.3, -0.25) is 9.55 Å². The Hall–Kier alpha value is -3.12. The molecule has 0 radical (unpaired) electrons. The van der Waals surface area contributed by atoms with Crippen molar-refractivity contribution in [1.82, 2.24) is 9.55 Å². The van der Waals surface area contributed by atoms with E-state index in [-0.39, 0.29) is 31.2 Å². The van der Waals surface area contributed by atoms with Crippen LogP contribution in [0.2, 0.25) is 0 Å². The standard InChI is InChI=1S/C21H19N3O5/c1-20-9-14(26)21(29-20,6-8-25)16-15(20)18(27)24(19(16)28)13-5-4-11(10-22)17-12(13)3-2-7-23-17/h2-5,7,14,25-28H,6,8-9H2,1H3/t14-,20?,21?/m1/s1. The molecule has 0 spiro atoms. The molecule has 8 nitrogen and oxygen atoms in total. The molecular formula is C21H19N3O5. The smallest absolute Gasteiger partial charge is 0.205 e. The van der Waals surface area contributed by atoms with E-state index >= 15 is 0 Å². The second-order valence-electron chi connectivity index (χ2n) is 7.79. The molecule has 2 aliphatic heterocycles. The lowest BCUT2D eigenvalue weighted by molar-refractivity contribution is -0.116. The summed E-state index contributed by atoms with van der Waals surface area (Å²) in [4.78, 5) is 4.28. The summed E-state index contributed by atoms with van der Waals surface area (Å²) >= 11 is 0. The lowest BCUT2D eigenvalue weighted by Crippen LogP contribution is -2.37. The molecule has 5 rings (SSSR count). The van der Waals surface area contributed by atoms with Crippen LogP contribution in [0.15, 0.2) is 30.5 Å². The van der Waals surface area contributed by atoms with Gasteiger partial charge in [-0.1, -0.05) is 0 Å². The lowest BCUT2D eigenvalue weighted by atomic mass is 9.76. The molecule has 4 heterocycles. The van der Waals surface area contributed by atoms with Gasteiger partial charge in [0.25, 0.3) is 0 Å². The minimum Gasteiger partial charge on any atom is -0.494 e. The first-order valence-electron chi connectivity index (χ1n) is 9.33. The molecule has 3 atom stereocenters. The SMILES string of the molecule is CC12C[C@@H](O)C(CCO)(O1)c1c2c(O)n(-c2ccc(C#N)c3ncccc23)c1O. The highest BCUT2D eigenvalue weighted by Gasteiger charge is 2.66. The summed E-state index contributed by atoms with van der Waals surface area (Å²) in [5.41, 5.74) is -0.278. The number of rotatable bonds is 3. The predicted octanol–water partition coefficient (Wildman–Crippen LogP) is 1.90.